The van der Waals surface area contributed by atoms with Gasteiger partial charge in [-0.2, -0.15) is 0 Å². The van der Waals surface area contributed by atoms with Crippen LogP contribution in [0, 0.1) is 0 Å². The van der Waals surface area contributed by atoms with E-state index in [-0.39, 0.29) is 30.3 Å². The lowest BCUT2D eigenvalue weighted by atomic mass is 10.1. The van der Waals surface area contributed by atoms with Crippen LogP contribution in [0.25, 0.3) is 0 Å². The van der Waals surface area contributed by atoms with Gasteiger partial charge in [0.25, 0.3) is 5.91 Å². The van der Waals surface area contributed by atoms with Crippen LogP contribution in [-0.2, 0) is 9.53 Å². The lowest BCUT2D eigenvalue weighted by Crippen LogP contribution is -2.48. The minimum Gasteiger partial charge on any atom is -0.450 e. The second-order valence-electron chi connectivity index (χ2n) is 5.57. The lowest BCUT2D eigenvalue weighted by Gasteiger charge is -2.31. The Morgan fingerprint density at radius 1 is 1.36 bits per heavy atom. The first-order chi connectivity index (χ1) is 12.0. The highest BCUT2D eigenvalue weighted by molar-refractivity contribution is 6.30. The number of amides is 3. The van der Waals surface area contributed by atoms with Crippen molar-refractivity contribution in [3.8, 4) is 0 Å². The Morgan fingerprint density at radius 3 is 2.72 bits per heavy atom. The molecule has 0 unspecified atom stereocenters. The van der Waals surface area contributed by atoms with Gasteiger partial charge in [0, 0.05) is 30.4 Å². The molecular weight excluding hydrogens is 348 g/mol. The first-order valence-corrected chi connectivity index (χ1v) is 8.48. The Hall–Kier alpha value is -2.35. The normalized spacial score (nSPS) is 14.7. The molecular formula is C16H21ClN4O4. The zero-order chi connectivity index (χ0) is 18.2. The number of aromatic nitrogens is 1. The number of ether oxygens (including phenoxy) is 1. The van der Waals surface area contributed by atoms with Gasteiger partial charge in [-0.05, 0) is 31.9 Å². The summed E-state index contributed by atoms with van der Waals surface area (Å²) in [6.07, 6.45) is 2.39. The molecule has 8 nitrogen and oxygen atoms in total. The summed E-state index contributed by atoms with van der Waals surface area (Å²) >= 11 is 5.80. The molecule has 1 aromatic rings. The largest absolute Gasteiger partial charge is 0.450 e. The SMILES string of the molecule is CCOC(=O)N1CCC(NC(=O)CNC(=O)c2cc(Cl)ccn2)CC1. The third kappa shape index (κ3) is 5.90. The summed E-state index contributed by atoms with van der Waals surface area (Å²) in [4.78, 5) is 41.0. The van der Waals surface area contributed by atoms with E-state index < -0.39 is 5.91 Å². The van der Waals surface area contributed by atoms with Crippen molar-refractivity contribution in [3.05, 3.63) is 29.0 Å². The Labute approximate surface area is 150 Å². The van der Waals surface area contributed by atoms with Crippen LogP contribution in [0.4, 0.5) is 4.79 Å². The maximum Gasteiger partial charge on any atom is 0.409 e. The standard InChI is InChI=1S/C16H21ClN4O4/c1-2-25-16(24)21-7-4-12(5-8-21)20-14(22)10-19-15(23)13-9-11(17)3-6-18-13/h3,6,9,12H,2,4-5,7-8,10H2,1H3,(H,19,23)(H,20,22). The lowest BCUT2D eigenvalue weighted by molar-refractivity contribution is -0.121. The van der Waals surface area contributed by atoms with Crippen LogP contribution in [0.3, 0.4) is 0 Å². The molecule has 0 bridgehead atoms. The average Bonchev–Trinajstić information content (AvgIpc) is 2.60. The Kier molecular flexibility index (Phi) is 7.00. The van der Waals surface area contributed by atoms with Gasteiger partial charge in [-0.15, -0.1) is 0 Å². The molecule has 0 radical (unpaired) electrons. The number of likely N-dealkylation sites (tertiary alicyclic amines) is 1. The Morgan fingerprint density at radius 2 is 2.08 bits per heavy atom. The van der Waals surface area contributed by atoms with Gasteiger partial charge in [-0.25, -0.2) is 4.79 Å². The van der Waals surface area contributed by atoms with E-state index in [4.69, 9.17) is 16.3 Å². The number of halogens is 1. The molecule has 0 saturated carbocycles. The molecule has 0 atom stereocenters. The number of nitrogens with one attached hydrogen (secondary N) is 2. The summed E-state index contributed by atoms with van der Waals surface area (Å²) < 4.78 is 4.95. The molecule has 3 amide bonds. The zero-order valence-electron chi connectivity index (χ0n) is 14.0. The monoisotopic (exact) mass is 368 g/mol. The van der Waals surface area contributed by atoms with Gasteiger partial charge < -0.3 is 20.3 Å². The van der Waals surface area contributed by atoms with Crippen molar-refractivity contribution in [2.75, 3.05) is 26.2 Å². The van der Waals surface area contributed by atoms with E-state index in [1.165, 1.54) is 12.3 Å². The minimum atomic E-state index is -0.463. The number of carbonyl (C=O) groups excluding carboxylic acids is 3. The van der Waals surface area contributed by atoms with Gasteiger partial charge in [-0.3, -0.25) is 14.6 Å². The molecule has 1 aromatic heterocycles. The highest BCUT2D eigenvalue weighted by Crippen LogP contribution is 2.11. The van der Waals surface area contributed by atoms with E-state index in [0.29, 0.717) is 37.6 Å². The van der Waals surface area contributed by atoms with Gasteiger partial charge in [0.1, 0.15) is 5.69 Å². The van der Waals surface area contributed by atoms with Crippen LogP contribution in [0.1, 0.15) is 30.3 Å². The van der Waals surface area contributed by atoms with Gasteiger partial charge in [0.05, 0.1) is 13.2 Å². The van der Waals surface area contributed by atoms with Crippen LogP contribution >= 0.6 is 11.6 Å². The van der Waals surface area contributed by atoms with Crippen LogP contribution in [0.2, 0.25) is 5.02 Å². The summed E-state index contributed by atoms with van der Waals surface area (Å²) in [5.41, 5.74) is 0.156. The highest BCUT2D eigenvalue weighted by atomic mass is 35.5. The van der Waals surface area contributed by atoms with Crippen LogP contribution in [0.15, 0.2) is 18.3 Å². The van der Waals surface area contributed by atoms with Crippen molar-refractivity contribution in [1.82, 2.24) is 20.5 Å². The third-order valence-corrected chi connectivity index (χ3v) is 3.99. The fraction of sp³-hybridized carbons (Fsp3) is 0.500. The van der Waals surface area contributed by atoms with E-state index in [1.807, 2.05) is 0 Å². The molecule has 0 aliphatic carbocycles. The summed E-state index contributed by atoms with van der Waals surface area (Å²) in [5.74, 6) is -0.750. The number of nitrogens with zero attached hydrogens (tertiary/aromatic N) is 2. The summed E-state index contributed by atoms with van der Waals surface area (Å²) in [6.45, 7) is 3.02. The minimum absolute atomic E-state index is 0.0284. The van der Waals surface area contributed by atoms with E-state index in [1.54, 1.807) is 17.9 Å². The molecule has 0 spiro atoms. The fourth-order valence-electron chi connectivity index (χ4n) is 2.48. The van der Waals surface area contributed by atoms with Gasteiger partial charge in [-0.1, -0.05) is 11.6 Å². The average molecular weight is 369 g/mol. The van der Waals surface area contributed by atoms with Crippen molar-refractivity contribution in [2.45, 2.75) is 25.8 Å². The predicted octanol–water partition coefficient (Wildman–Crippen LogP) is 1.20. The van der Waals surface area contributed by atoms with E-state index in [9.17, 15) is 14.4 Å². The molecule has 2 rings (SSSR count). The van der Waals surface area contributed by atoms with E-state index in [2.05, 4.69) is 15.6 Å². The van der Waals surface area contributed by atoms with E-state index >= 15 is 0 Å². The predicted molar refractivity (Wildman–Crippen MR) is 91.3 cm³/mol. The quantitative estimate of drug-likeness (QED) is 0.813. The molecule has 2 heterocycles. The van der Waals surface area contributed by atoms with Crippen LogP contribution in [-0.4, -0.2) is 60.1 Å². The molecule has 1 fully saturated rings. The summed E-state index contributed by atoms with van der Waals surface area (Å²) in [5, 5.41) is 5.75. The van der Waals surface area contributed by atoms with Crippen molar-refractivity contribution >= 4 is 29.5 Å². The second-order valence-corrected chi connectivity index (χ2v) is 6.01. The molecule has 9 heteroatoms. The number of hydrogen-bond acceptors (Lipinski definition) is 5. The molecule has 25 heavy (non-hydrogen) atoms. The number of pyridine rings is 1. The zero-order valence-corrected chi connectivity index (χ0v) is 14.7. The smallest absolute Gasteiger partial charge is 0.409 e. The Balaban J connectivity index is 1.71. The number of hydrogen-bond donors (Lipinski definition) is 2. The molecule has 0 aromatic carbocycles. The van der Waals surface area contributed by atoms with Crippen molar-refractivity contribution in [3.63, 3.8) is 0 Å². The molecule has 1 aliphatic heterocycles. The number of rotatable bonds is 5. The number of piperidine rings is 1. The first kappa shape index (κ1) is 19.0. The molecule has 2 N–H and O–H groups in total. The molecule has 1 saturated heterocycles. The van der Waals surface area contributed by atoms with Crippen LogP contribution < -0.4 is 10.6 Å². The van der Waals surface area contributed by atoms with Crippen LogP contribution in [0.5, 0.6) is 0 Å². The third-order valence-electron chi connectivity index (χ3n) is 3.75. The molecule has 1 aliphatic rings. The van der Waals surface area contributed by atoms with E-state index in [0.717, 1.165) is 0 Å². The molecule has 136 valence electrons. The highest BCUT2D eigenvalue weighted by Gasteiger charge is 2.24. The topological polar surface area (TPSA) is 101 Å². The summed E-state index contributed by atoms with van der Waals surface area (Å²) in [7, 11) is 0. The summed E-state index contributed by atoms with van der Waals surface area (Å²) in [6, 6.07) is 2.97. The maximum absolute atomic E-state index is 12.0. The van der Waals surface area contributed by atoms with Gasteiger partial charge in [0.2, 0.25) is 5.91 Å². The van der Waals surface area contributed by atoms with Gasteiger partial charge in [0.15, 0.2) is 0 Å². The van der Waals surface area contributed by atoms with Gasteiger partial charge >= 0.3 is 6.09 Å². The van der Waals surface area contributed by atoms with Crippen molar-refractivity contribution < 1.29 is 19.1 Å². The fourth-order valence-corrected chi connectivity index (χ4v) is 2.64. The van der Waals surface area contributed by atoms with Crippen molar-refractivity contribution in [1.29, 1.82) is 0 Å². The maximum atomic E-state index is 12.0. The Bertz CT molecular complexity index is 632. The first-order valence-electron chi connectivity index (χ1n) is 8.10. The second kappa shape index (κ2) is 9.22. The number of carbonyl (C=O) groups is 3. The van der Waals surface area contributed by atoms with Crippen molar-refractivity contribution in [2.24, 2.45) is 0 Å².